The molecule has 1 aromatic carbocycles. The number of hydrogen-bond acceptors (Lipinski definition) is 5. The molecule has 0 amide bonds. The Hall–Kier alpha value is -2.96. The second-order valence-corrected chi connectivity index (χ2v) is 11.9. The molecule has 0 spiro atoms. The van der Waals surface area contributed by atoms with E-state index in [1.54, 1.807) is 39.3 Å². The van der Waals surface area contributed by atoms with E-state index in [0.717, 1.165) is 6.07 Å². The quantitative estimate of drug-likeness (QED) is 0.315. The van der Waals surface area contributed by atoms with Crippen molar-refractivity contribution in [3.63, 3.8) is 0 Å². The van der Waals surface area contributed by atoms with Crippen LogP contribution in [0.2, 0.25) is 5.02 Å². The van der Waals surface area contributed by atoms with Crippen molar-refractivity contribution in [1.82, 2.24) is 15.0 Å². The lowest BCUT2D eigenvalue weighted by Gasteiger charge is -2.20. The highest BCUT2D eigenvalue weighted by Gasteiger charge is 2.21. The molecule has 34 heavy (non-hydrogen) atoms. The van der Waals surface area contributed by atoms with Gasteiger partial charge in [-0.2, -0.15) is 0 Å². The third-order valence-electron chi connectivity index (χ3n) is 5.40. The molecule has 1 atom stereocenters. The second kappa shape index (κ2) is 9.01. The maximum atomic E-state index is 15.0. The summed E-state index contributed by atoms with van der Waals surface area (Å²) in [5.41, 5.74) is 2.15. The number of pyridine rings is 3. The highest BCUT2D eigenvalue weighted by molar-refractivity contribution is 7.69. The third-order valence-corrected chi connectivity index (χ3v) is 7.23. The van der Waals surface area contributed by atoms with Crippen LogP contribution in [-0.4, -0.2) is 28.3 Å². The molecule has 0 fully saturated rings. The van der Waals surface area contributed by atoms with E-state index in [0.29, 0.717) is 22.4 Å². The van der Waals surface area contributed by atoms with Crippen molar-refractivity contribution in [2.75, 3.05) is 18.6 Å². The molecule has 0 unspecified atom stereocenters. The summed E-state index contributed by atoms with van der Waals surface area (Å²) < 4.78 is 55.3. The molecule has 0 aliphatic rings. The Morgan fingerprint density at radius 2 is 1.79 bits per heavy atom. The van der Waals surface area contributed by atoms with Gasteiger partial charge < -0.3 is 9.88 Å². The molecule has 0 bridgehead atoms. The number of nitrogens with zero attached hydrogens (tertiary/aromatic N) is 3. The molecule has 0 saturated heterocycles. The maximum Gasteiger partial charge on any atom is 0.164 e. The normalized spacial score (nSPS) is 12.7. The van der Waals surface area contributed by atoms with Gasteiger partial charge in [-0.05, 0) is 45.4 Å². The van der Waals surface area contributed by atoms with Crippen molar-refractivity contribution >= 4 is 40.9 Å². The molecular formula is C24H21ClF3N4OP. The standard InChI is InChI=1S/C24H21ClF3N4OP/c1-12(15-6-5-7-16(26)21(15)28)31-24-20(25)13(2)30-18-10-17(27)22(32-23(18)24)14-8-9-19(29-11-14)34(3,4)33/h5-12H,1-4H3,(H,30,31)/t12-/m1/s1. The number of aromatic nitrogens is 3. The Bertz CT molecular complexity index is 1460. The Labute approximate surface area is 199 Å². The first-order valence-corrected chi connectivity index (χ1v) is 13.3. The summed E-state index contributed by atoms with van der Waals surface area (Å²) in [5, 5.41) is 3.32. The van der Waals surface area contributed by atoms with E-state index in [1.807, 2.05) is 0 Å². The molecule has 3 heterocycles. The Kier molecular flexibility index (Phi) is 6.40. The van der Waals surface area contributed by atoms with Crippen LogP contribution in [0.25, 0.3) is 22.3 Å². The average Bonchev–Trinajstić information content (AvgIpc) is 2.78. The van der Waals surface area contributed by atoms with Gasteiger partial charge in [0.25, 0.3) is 0 Å². The van der Waals surface area contributed by atoms with Crippen LogP contribution in [0, 0.1) is 24.4 Å². The largest absolute Gasteiger partial charge is 0.375 e. The van der Waals surface area contributed by atoms with Gasteiger partial charge >= 0.3 is 0 Å². The zero-order chi connectivity index (χ0) is 24.8. The van der Waals surface area contributed by atoms with Gasteiger partial charge in [-0.25, -0.2) is 23.1 Å². The van der Waals surface area contributed by atoms with E-state index >= 15 is 0 Å². The topological polar surface area (TPSA) is 67.8 Å². The molecule has 3 aromatic heterocycles. The minimum absolute atomic E-state index is 0.00273. The minimum atomic E-state index is -2.57. The first-order chi connectivity index (χ1) is 16.0. The molecular weight excluding hydrogens is 484 g/mol. The first-order valence-electron chi connectivity index (χ1n) is 10.4. The molecule has 0 saturated carbocycles. The Morgan fingerprint density at radius 3 is 2.44 bits per heavy atom. The van der Waals surface area contributed by atoms with E-state index in [4.69, 9.17) is 11.6 Å². The fraction of sp³-hybridized carbons (Fsp3) is 0.208. The molecule has 0 aliphatic heterocycles. The number of rotatable bonds is 5. The lowest BCUT2D eigenvalue weighted by atomic mass is 10.1. The smallest absolute Gasteiger partial charge is 0.164 e. The van der Waals surface area contributed by atoms with Crippen molar-refractivity contribution in [2.24, 2.45) is 0 Å². The van der Waals surface area contributed by atoms with Crippen LogP contribution in [0.5, 0.6) is 0 Å². The van der Waals surface area contributed by atoms with Crippen molar-refractivity contribution in [2.45, 2.75) is 19.9 Å². The number of halogens is 4. The predicted molar refractivity (Wildman–Crippen MR) is 130 cm³/mol. The SMILES string of the molecule is Cc1nc2cc(F)c(-c3ccc(P(C)(C)=O)nc3)nc2c(N[C@H](C)c2cccc(F)c2F)c1Cl. The molecule has 10 heteroatoms. The van der Waals surface area contributed by atoms with Crippen molar-refractivity contribution in [3.8, 4) is 11.3 Å². The summed E-state index contributed by atoms with van der Waals surface area (Å²) in [7, 11) is -2.57. The first kappa shape index (κ1) is 24.2. The summed E-state index contributed by atoms with van der Waals surface area (Å²) in [6, 6.07) is 7.64. The van der Waals surface area contributed by atoms with Gasteiger partial charge in [-0.15, -0.1) is 0 Å². The monoisotopic (exact) mass is 504 g/mol. The Morgan fingerprint density at radius 1 is 1.06 bits per heavy atom. The molecule has 1 N–H and O–H groups in total. The second-order valence-electron chi connectivity index (χ2n) is 8.34. The number of hydrogen-bond donors (Lipinski definition) is 1. The molecule has 0 aliphatic carbocycles. The minimum Gasteiger partial charge on any atom is -0.375 e. The zero-order valence-corrected chi connectivity index (χ0v) is 20.5. The summed E-state index contributed by atoms with van der Waals surface area (Å²) in [6.07, 6.45) is 1.41. The number of aryl methyl sites for hydroxylation is 1. The van der Waals surface area contributed by atoms with E-state index in [-0.39, 0.29) is 27.3 Å². The lowest BCUT2D eigenvalue weighted by Crippen LogP contribution is -2.12. The van der Waals surface area contributed by atoms with E-state index < -0.39 is 30.6 Å². The fourth-order valence-electron chi connectivity index (χ4n) is 3.59. The summed E-state index contributed by atoms with van der Waals surface area (Å²) >= 11 is 6.51. The molecule has 4 aromatic rings. The molecule has 0 radical (unpaired) electrons. The fourth-order valence-corrected chi connectivity index (χ4v) is 4.55. The van der Waals surface area contributed by atoms with Crippen molar-refractivity contribution in [3.05, 3.63) is 76.3 Å². The summed E-state index contributed by atoms with van der Waals surface area (Å²) in [4.78, 5) is 13.0. The van der Waals surface area contributed by atoms with Crippen LogP contribution in [-0.2, 0) is 4.57 Å². The van der Waals surface area contributed by atoms with Gasteiger partial charge in [-0.1, -0.05) is 23.7 Å². The third kappa shape index (κ3) is 4.52. The van der Waals surface area contributed by atoms with Gasteiger partial charge in [0.1, 0.15) is 18.4 Å². The number of anilines is 1. The highest BCUT2D eigenvalue weighted by atomic mass is 35.5. The number of fused-ring (bicyclic) bond motifs is 1. The van der Waals surface area contributed by atoms with Gasteiger partial charge in [0.05, 0.1) is 33.4 Å². The van der Waals surface area contributed by atoms with Crippen molar-refractivity contribution < 1.29 is 17.7 Å². The molecule has 176 valence electrons. The van der Waals surface area contributed by atoms with E-state index in [9.17, 15) is 17.7 Å². The lowest BCUT2D eigenvalue weighted by molar-refractivity contribution is 0.495. The number of benzene rings is 1. The van der Waals surface area contributed by atoms with Gasteiger partial charge in [0.2, 0.25) is 0 Å². The van der Waals surface area contributed by atoms with Crippen LogP contribution < -0.4 is 10.8 Å². The van der Waals surface area contributed by atoms with E-state index in [2.05, 4.69) is 20.3 Å². The van der Waals surface area contributed by atoms with Gasteiger partial charge in [0, 0.05) is 23.4 Å². The zero-order valence-electron chi connectivity index (χ0n) is 18.8. The maximum absolute atomic E-state index is 15.0. The molecule has 4 rings (SSSR count). The van der Waals surface area contributed by atoms with Gasteiger partial charge in [0.15, 0.2) is 17.5 Å². The molecule has 5 nitrogen and oxygen atoms in total. The van der Waals surface area contributed by atoms with E-state index in [1.165, 1.54) is 24.4 Å². The highest BCUT2D eigenvalue weighted by Crippen LogP contribution is 2.37. The number of nitrogens with one attached hydrogen (secondary N) is 1. The van der Waals surface area contributed by atoms with Crippen molar-refractivity contribution in [1.29, 1.82) is 0 Å². The van der Waals surface area contributed by atoms with Crippen LogP contribution >= 0.6 is 18.7 Å². The van der Waals surface area contributed by atoms with Crippen LogP contribution in [0.3, 0.4) is 0 Å². The predicted octanol–water partition coefficient (Wildman–Crippen LogP) is 6.49. The summed E-state index contributed by atoms with van der Waals surface area (Å²) in [6.45, 7) is 6.50. The summed E-state index contributed by atoms with van der Waals surface area (Å²) in [5.74, 6) is -2.55. The van der Waals surface area contributed by atoms with Gasteiger partial charge in [-0.3, -0.25) is 4.98 Å². The Balaban J connectivity index is 1.84. The van der Waals surface area contributed by atoms with Crippen LogP contribution in [0.1, 0.15) is 24.2 Å². The average molecular weight is 505 g/mol. The van der Waals surface area contributed by atoms with Crippen LogP contribution in [0.4, 0.5) is 18.9 Å². The van der Waals surface area contributed by atoms with Crippen LogP contribution in [0.15, 0.2) is 42.6 Å².